The van der Waals surface area contributed by atoms with Crippen molar-refractivity contribution < 1.29 is 4.42 Å². The number of hydrogen-bond donors (Lipinski definition) is 2. The van der Waals surface area contributed by atoms with Crippen LogP contribution < -0.4 is 11.1 Å². The number of benzene rings is 1. The zero-order chi connectivity index (χ0) is 12.4. The predicted octanol–water partition coefficient (Wildman–Crippen LogP) is 4.11. The topological polar surface area (TPSA) is 51.2 Å². The van der Waals surface area contributed by atoms with Crippen LogP contribution in [0.3, 0.4) is 0 Å². The van der Waals surface area contributed by atoms with Gasteiger partial charge in [0.25, 0.3) is 0 Å². The fraction of sp³-hybridized carbons (Fsp3) is 0.231. The Balaban J connectivity index is 2.18. The van der Waals surface area contributed by atoms with E-state index in [4.69, 9.17) is 10.2 Å². The summed E-state index contributed by atoms with van der Waals surface area (Å²) in [5.74, 6) is 1.82. The largest absolute Gasteiger partial charge is 0.464 e. The first-order valence-corrected chi connectivity index (χ1v) is 6.23. The van der Waals surface area contributed by atoms with E-state index in [1.54, 1.807) is 0 Å². The van der Waals surface area contributed by atoms with Crippen LogP contribution in [0.5, 0.6) is 0 Å². The Kier molecular flexibility index (Phi) is 3.43. The molecule has 0 bridgehead atoms. The molecule has 90 valence electrons. The third-order valence-electron chi connectivity index (χ3n) is 2.58. The van der Waals surface area contributed by atoms with Crippen LogP contribution in [0.2, 0.25) is 0 Å². The van der Waals surface area contributed by atoms with Crippen LogP contribution in [-0.4, -0.2) is 0 Å². The Morgan fingerprint density at radius 1 is 1.29 bits per heavy atom. The number of hydrogen-bond acceptors (Lipinski definition) is 3. The van der Waals surface area contributed by atoms with E-state index >= 15 is 0 Å². The summed E-state index contributed by atoms with van der Waals surface area (Å²) >= 11 is 3.43. The molecule has 0 saturated heterocycles. The standard InChI is InChI=1S/C13H15BrN2O/c1-8-3-6-13(17-8)9(2)16-12-7-10(14)4-5-11(12)15/h3-7,9,16H,15H2,1-2H3. The van der Waals surface area contributed by atoms with Crippen LogP contribution in [0, 0.1) is 6.92 Å². The molecule has 1 atom stereocenters. The number of nitrogens with two attached hydrogens (primary N) is 1. The van der Waals surface area contributed by atoms with Gasteiger partial charge in [-0.2, -0.15) is 0 Å². The van der Waals surface area contributed by atoms with Gasteiger partial charge in [-0.05, 0) is 44.2 Å². The lowest BCUT2D eigenvalue weighted by atomic mass is 10.2. The molecule has 0 spiro atoms. The summed E-state index contributed by atoms with van der Waals surface area (Å²) in [6.45, 7) is 3.97. The van der Waals surface area contributed by atoms with Gasteiger partial charge in [-0.1, -0.05) is 15.9 Å². The first kappa shape index (κ1) is 12.0. The van der Waals surface area contributed by atoms with Crippen molar-refractivity contribution in [1.82, 2.24) is 0 Å². The summed E-state index contributed by atoms with van der Waals surface area (Å²) in [4.78, 5) is 0. The van der Waals surface area contributed by atoms with E-state index in [0.29, 0.717) is 0 Å². The lowest BCUT2D eigenvalue weighted by Gasteiger charge is -2.15. The molecule has 17 heavy (non-hydrogen) atoms. The van der Waals surface area contributed by atoms with Gasteiger partial charge in [-0.15, -0.1) is 0 Å². The maximum atomic E-state index is 5.91. The van der Waals surface area contributed by atoms with Gasteiger partial charge in [0.15, 0.2) is 0 Å². The highest BCUT2D eigenvalue weighted by Crippen LogP contribution is 2.27. The van der Waals surface area contributed by atoms with E-state index < -0.39 is 0 Å². The van der Waals surface area contributed by atoms with Crippen LogP contribution in [-0.2, 0) is 0 Å². The fourth-order valence-electron chi connectivity index (χ4n) is 1.64. The zero-order valence-corrected chi connectivity index (χ0v) is 11.4. The van der Waals surface area contributed by atoms with E-state index in [1.807, 2.05) is 44.2 Å². The van der Waals surface area contributed by atoms with Gasteiger partial charge in [0.2, 0.25) is 0 Å². The second-order valence-electron chi connectivity index (χ2n) is 4.05. The Bertz CT molecular complexity index is 522. The van der Waals surface area contributed by atoms with E-state index in [1.165, 1.54) is 0 Å². The summed E-state index contributed by atoms with van der Waals surface area (Å²) in [5, 5.41) is 3.33. The molecule has 2 rings (SSSR count). The number of rotatable bonds is 3. The fourth-order valence-corrected chi connectivity index (χ4v) is 2.01. The summed E-state index contributed by atoms with van der Waals surface area (Å²) < 4.78 is 6.57. The van der Waals surface area contributed by atoms with Gasteiger partial charge >= 0.3 is 0 Å². The van der Waals surface area contributed by atoms with E-state index in [0.717, 1.165) is 27.4 Å². The number of aryl methyl sites for hydroxylation is 1. The minimum absolute atomic E-state index is 0.0836. The van der Waals surface area contributed by atoms with Gasteiger partial charge in [0, 0.05) is 4.47 Å². The van der Waals surface area contributed by atoms with Crippen LogP contribution in [0.15, 0.2) is 39.2 Å². The van der Waals surface area contributed by atoms with Crippen molar-refractivity contribution in [2.24, 2.45) is 0 Å². The maximum absolute atomic E-state index is 5.91. The van der Waals surface area contributed by atoms with Crippen molar-refractivity contribution in [2.75, 3.05) is 11.1 Å². The third kappa shape index (κ3) is 2.82. The van der Waals surface area contributed by atoms with Gasteiger partial charge in [-0.25, -0.2) is 0 Å². The van der Waals surface area contributed by atoms with Gasteiger partial charge < -0.3 is 15.5 Å². The Labute approximate surface area is 109 Å². The SMILES string of the molecule is Cc1ccc(C(C)Nc2cc(Br)ccc2N)o1. The minimum atomic E-state index is 0.0836. The summed E-state index contributed by atoms with van der Waals surface area (Å²) in [7, 11) is 0. The normalized spacial score (nSPS) is 12.4. The molecule has 3 N–H and O–H groups in total. The lowest BCUT2D eigenvalue weighted by molar-refractivity contribution is 0.467. The Morgan fingerprint density at radius 2 is 2.06 bits per heavy atom. The van der Waals surface area contributed by atoms with Crippen molar-refractivity contribution in [3.05, 3.63) is 46.3 Å². The van der Waals surface area contributed by atoms with Crippen LogP contribution in [0.4, 0.5) is 11.4 Å². The molecule has 0 saturated carbocycles. The molecule has 4 heteroatoms. The van der Waals surface area contributed by atoms with Crippen molar-refractivity contribution in [1.29, 1.82) is 0 Å². The second kappa shape index (κ2) is 4.84. The van der Waals surface area contributed by atoms with Crippen LogP contribution in [0.1, 0.15) is 24.5 Å². The maximum Gasteiger partial charge on any atom is 0.126 e. The number of anilines is 2. The van der Waals surface area contributed by atoms with E-state index in [9.17, 15) is 0 Å². The van der Waals surface area contributed by atoms with Gasteiger partial charge in [-0.3, -0.25) is 0 Å². The van der Waals surface area contributed by atoms with E-state index in [-0.39, 0.29) is 6.04 Å². The summed E-state index contributed by atoms with van der Waals surface area (Å²) in [6, 6.07) is 9.76. The van der Waals surface area contributed by atoms with Gasteiger partial charge in [0.05, 0.1) is 17.4 Å². The molecule has 3 nitrogen and oxygen atoms in total. The average Bonchev–Trinajstić information content (AvgIpc) is 2.70. The minimum Gasteiger partial charge on any atom is -0.464 e. The third-order valence-corrected chi connectivity index (χ3v) is 3.07. The molecule has 0 radical (unpaired) electrons. The van der Waals surface area contributed by atoms with Crippen molar-refractivity contribution >= 4 is 27.3 Å². The molecule has 0 aliphatic carbocycles. The molecule has 1 heterocycles. The second-order valence-corrected chi connectivity index (χ2v) is 4.96. The molecule has 1 aromatic carbocycles. The number of nitrogen functional groups attached to an aromatic ring is 1. The molecule has 2 aromatic rings. The first-order valence-electron chi connectivity index (χ1n) is 5.44. The molecule has 0 aliphatic heterocycles. The van der Waals surface area contributed by atoms with Crippen LogP contribution >= 0.6 is 15.9 Å². The van der Waals surface area contributed by atoms with Crippen molar-refractivity contribution in [2.45, 2.75) is 19.9 Å². The summed E-state index contributed by atoms with van der Waals surface area (Å²) in [5.41, 5.74) is 7.54. The molecular weight excluding hydrogens is 280 g/mol. The van der Waals surface area contributed by atoms with Crippen molar-refractivity contribution in [3.63, 3.8) is 0 Å². The van der Waals surface area contributed by atoms with Crippen LogP contribution in [0.25, 0.3) is 0 Å². The first-order chi connectivity index (χ1) is 8.06. The monoisotopic (exact) mass is 294 g/mol. The quantitative estimate of drug-likeness (QED) is 0.838. The molecule has 1 aromatic heterocycles. The molecular formula is C13H15BrN2O. The number of furan rings is 1. The van der Waals surface area contributed by atoms with Gasteiger partial charge in [0.1, 0.15) is 11.5 Å². The van der Waals surface area contributed by atoms with Crippen molar-refractivity contribution in [3.8, 4) is 0 Å². The highest BCUT2D eigenvalue weighted by Gasteiger charge is 2.10. The highest BCUT2D eigenvalue weighted by molar-refractivity contribution is 9.10. The van der Waals surface area contributed by atoms with E-state index in [2.05, 4.69) is 21.2 Å². The summed E-state index contributed by atoms with van der Waals surface area (Å²) in [6.07, 6.45) is 0. The Hall–Kier alpha value is -1.42. The molecule has 0 fully saturated rings. The predicted molar refractivity (Wildman–Crippen MR) is 74.0 cm³/mol. The Morgan fingerprint density at radius 3 is 2.71 bits per heavy atom. The zero-order valence-electron chi connectivity index (χ0n) is 9.83. The lowest BCUT2D eigenvalue weighted by Crippen LogP contribution is -2.07. The smallest absolute Gasteiger partial charge is 0.126 e. The number of halogens is 1. The highest BCUT2D eigenvalue weighted by atomic mass is 79.9. The molecule has 0 amide bonds. The molecule has 0 aliphatic rings. The number of nitrogens with one attached hydrogen (secondary N) is 1. The molecule has 1 unspecified atom stereocenters. The average molecular weight is 295 g/mol.